The van der Waals surface area contributed by atoms with Crippen LogP contribution in [-0.4, -0.2) is 28.2 Å². The Morgan fingerprint density at radius 2 is 1.82 bits per heavy atom. The molecule has 4 N–H and O–H groups in total. The van der Waals surface area contributed by atoms with E-state index in [2.05, 4.69) is 0 Å². The van der Waals surface area contributed by atoms with E-state index in [9.17, 15) is 9.59 Å². The third kappa shape index (κ3) is 7.49. The van der Waals surface area contributed by atoms with Crippen molar-refractivity contribution in [3.05, 3.63) is 0 Å². The van der Waals surface area contributed by atoms with Crippen LogP contribution in [0.25, 0.3) is 0 Å². The van der Waals surface area contributed by atoms with Gasteiger partial charge in [-0.05, 0) is 6.42 Å². The molecule has 5 nitrogen and oxygen atoms in total. The van der Waals surface area contributed by atoms with Gasteiger partial charge in [-0.25, -0.2) is 0 Å². The van der Waals surface area contributed by atoms with E-state index in [1.807, 2.05) is 0 Å². The molecule has 11 heavy (non-hydrogen) atoms. The molecule has 0 aromatic rings. The average molecular weight is 342 g/mol. The number of nitrogens with two attached hydrogens (primary N) is 1. The number of rotatable bonds is 4. The summed E-state index contributed by atoms with van der Waals surface area (Å²) in [7, 11) is 0. The maximum atomic E-state index is 9.99. The van der Waals surface area contributed by atoms with Crippen LogP contribution in [0.3, 0.4) is 0 Å². The summed E-state index contributed by atoms with van der Waals surface area (Å²) in [6.07, 6.45) is -0.224. The van der Waals surface area contributed by atoms with Crippen molar-refractivity contribution in [2.45, 2.75) is 18.9 Å². The molecule has 68 valence electrons. The zero-order valence-corrected chi connectivity index (χ0v) is 7.87. The largest absolute Gasteiger partial charge is 0.481 e. The van der Waals surface area contributed by atoms with Gasteiger partial charge in [-0.3, -0.25) is 9.59 Å². The number of carbonyl (C=O) groups is 2. The Labute approximate surface area is 77.8 Å². The second kappa shape index (κ2) is 6.31. The molecule has 0 aromatic heterocycles. The van der Waals surface area contributed by atoms with Crippen molar-refractivity contribution in [1.29, 1.82) is 0 Å². The van der Waals surface area contributed by atoms with Crippen molar-refractivity contribution in [3.63, 3.8) is 0 Å². The first-order valence-corrected chi connectivity index (χ1v) is 2.74. The van der Waals surface area contributed by atoms with E-state index in [4.69, 9.17) is 15.9 Å². The van der Waals surface area contributed by atoms with Gasteiger partial charge in [0.05, 0.1) is 0 Å². The molecule has 0 rings (SSSR count). The predicted molar refractivity (Wildman–Crippen MR) is 32.5 cm³/mol. The molecule has 0 aliphatic carbocycles. The van der Waals surface area contributed by atoms with Crippen LogP contribution in [0, 0.1) is 0 Å². The van der Waals surface area contributed by atoms with Gasteiger partial charge in [-0.1, -0.05) is 0 Å². The minimum absolute atomic E-state index is 0. The normalized spacial score (nSPS) is 11.4. The van der Waals surface area contributed by atoms with Crippen molar-refractivity contribution in [2.24, 2.45) is 5.73 Å². The molecular formula is C5H9NO4Pt. The van der Waals surface area contributed by atoms with E-state index in [-0.39, 0.29) is 33.9 Å². The summed E-state index contributed by atoms with van der Waals surface area (Å²) < 4.78 is 0. The molecule has 0 aliphatic heterocycles. The van der Waals surface area contributed by atoms with E-state index < -0.39 is 18.0 Å². The summed E-state index contributed by atoms with van der Waals surface area (Å²) >= 11 is 0. The minimum Gasteiger partial charge on any atom is -0.481 e. The first-order chi connectivity index (χ1) is 4.54. The number of hydrogen-bond donors (Lipinski definition) is 3. The Hall–Kier alpha value is -0.412. The van der Waals surface area contributed by atoms with E-state index >= 15 is 0 Å². The molecule has 0 aliphatic rings. The molecule has 0 unspecified atom stereocenters. The van der Waals surface area contributed by atoms with Gasteiger partial charge in [0.25, 0.3) is 0 Å². The standard InChI is InChI=1S/C5H9NO4.Pt/c6-3(5(9)10)1-2-4(7)8;/h3H,1-2,6H2,(H,7,8)(H,9,10);/t3-;/m0./s1. The molecule has 0 radical (unpaired) electrons. The van der Waals surface area contributed by atoms with Gasteiger partial charge in [0.15, 0.2) is 0 Å². The van der Waals surface area contributed by atoms with E-state index in [1.54, 1.807) is 0 Å². The van der Waals surface area contributed by atoms with Gasteiger partial charge in [0.1, 0.15) is 6.04 Å². The summed E-state index contributed by atoms with van der Waals surface area (Å²) in [4.78, 5) is 19.9. The minimum atomic E-state index is -1.17. The SMILES string of the molecule is N[C@@H](CCC(=O)O)C(=O)O.[Pt]. The van der Waals surface area contributed by atoms with E-state index in [1.165, 1.54) is 0 Å². The summed E-state index contributed by atoms with van der Waals surface area (Å²) in [6, 6.07) is -1.06. The van der Waals surface area contributed by atoms with Gasteiger partial charge >= 0.3 is 11.9 Å². The molecular weight excluding hydrogens is 333 g/mol. The first kappa shape index (κ1) is 13.2. The fourth-order valence-corrected chi connectivity index (χ4v) is 0.402. The molecule has 0 saturated carbocycles. The zero-order valence-electron chi connectivity index (χ0n) is 5.60. The number of aliphatic carboxylic acids is 2. The Kier molecular flexibility index (Phi) is 7.57. The zero-order chi connectivity index (χ0) is 8.15. The molecule has 0 saturated heterocycles. The van der Waals surface area contributed by atoms with Gasteiger partial charge < -0.3 is 15.9 Å². The van der Waals surface area contributed by atoms with Crippen LogP contribution in [0.2, 0.25) is 0 Å². The third-order valence-corrected chi connectivity index (χ3v) is 0.986. The molecule has 6 heteroatoms. The van der Waals surface area contributed by atoms with Crippen LogP contribution < -0.4 is 5.73 Å². The second-order valence-electron chi connectivity index (χ2n) is 1.88. The van der Waals surface area contributed by atoms with Crippen LogP contribution >= 0.6 is 0 Å². The number of hydrogen-bond acceptors (Lipinski definition) is 3. The Morgan fingerprint density at radius 3 is 2.09 bits per heavy atom. The topological polar surface area (TPSA) is 101 Å². The van der Waals surface area contributed by atoms with Gasteiger partial charge in [0, 0.05) is 27.5 Å². The smallest absolute Gasteiger partial charge is 0.320 e. The van der Waals surface area contributed by atoms with Crippen molar-refractivity contribution < 1.29 is 40.9 Å². The summed E-state index contributed by atoms with van der Waals surface area (Å²) in [6.45, 7) is 0. The Bertz CT molecular complexity index is 149. The second-order valence-corrected chi connectivity index (χ2v) is 1.88. The predicted octanol–water partition coefficient (Wildman–Crippen LogP) is -0.739. The van der Waals surface area contributed by atoms with Gasteiger partial charge in [-0.15, -0.1) is 0 Å². The molecule has 0 bridgehead atoms. The molecule has 1 atom stereocenters. The van der Waals surface area contributed by atoms with Gasteiger partial charge in [0.2, 0.25) is 0 Å². The molecule has 0 spiro atoms. The van der Waals surface area contributed by atoms with Gasteiger partial charge in [-0.2, -0.15) is 0 Å². The van der Waals surface area contributed by atoms with Crippen molar-refractivity contribution in [1.82, 2.24) is 0 Å². The average Bonchev–Trinajstić information content (AvgIpc) is 1.82. The maximum Gasteiger partial charge on any atom is 0.320 e. The molecule has 0 aromatic carbocycles. The van der Waals surface area contributed by atoms with Crippen LogP contribution in [0.5, 0.6) is 0 Å². The Balaban J connectivity index is 0. The number of carboxylic acid groups (broad SMARTS) is 2. The van der Waals surface area contributed by atoms with Crippen LogP contribution in [0.1, 0.15) is 12.8 Å². The summed E-state index contributed by atoms with van der Waals surface area (Å²) in [5.74, 6) is -2.20. The maximum absolute atomic E-state index is 9.99. The quantitative estimate of drug-likeness (QED) is 0.625. The fraction of sp³-hybridized carbons (Fsp3) is 0.600. The Morgan fingerprint density at radius 1 is 1.36 bits per heavy atom. The summed E-state index contributed by atoms with van der Waals surface area (Å²) in [5.41, 5.74) is 5.00. The molecule has 0 heterocycles. The molecule has 0 fully saturated rings. The summed E-state index contributed by atoms with van der Waals surface area (Å²) in [5, 5.41) is 16.3. The molecule has 0 amide bonds. The monoisotopic (exact) mass is 342 g/mol. The van der Waals surface area contributed by atoms with Crippen LogP contribution in [-0.2, 0) is 30.7 Å². The van der Waals surface area contributed by atoms with E-state index in [0.29, 0.717) is 0 Å². The van der Waals surface area contributed by atoms with Crippen molar-refractivity contribution >= 4 is 11.9 Å². The first-order valence-electron chi connectivity index (χ1n) is 2.74. The van der Waals surface area contributed by atoms with Crippen molar-refractivity contribution in [2.75, 3.05) is 0 Å². The fourth-order valence-electron chi connectivity index (χ4n) is 0.402. The van der Waals surface area contributed by atoms with Crippen LogP contribution in [0.15, 0.2) is 0 Å². The number of carboxylic acids is 2. The third-order valence-electron chi connectivity index (χ3n) is 0.986. The van der Waals surface area contributed by atoms with E-state index in [0.717, 1.165) is 0 Å². The van der Waals surface area contributed by atoms with Crippen LogP contribution in [0.4, 0.5) is 0 Å². The van der Waals surface area contributed by atoms with Crippen molar-refractivity contribution in [3.8, 4) is 0 Å².